The highest BCUT2D eigenvalue weighted by molar-refractivity contribution is 5.67. The smallest absolute Gasteiger partial charge is 0.405 e. The number of rotatable bonds is 6. The molecule has 3 atom stereocenters. The Balaban J connectivity index is 2.49. The molecule has 1 aromatic rings. The fraction of sp³-hybridized carbons (Fsp3) is 0.538. The zero-order valence-electron chi connectivity index (χ0n) is 12.7. The number of para-hydroxylation sites is 2. The molecule has 9 nitrogen and oxygen atoms in total. The molecule has 3 unspecified atom stereocenters. The van der Waals surface area contributed by atoms with Crippen LogP contribution in [0.15, 0.2) is 24.3 Å². The summed E-state index contributed by atoms with van der Waals surface area (Å²) in [5, 5.41) is 36.0. The van der Waals surface area contributed by atoms with Gasteiger partial charge in [0.1, 0.15) is 13.2 Å². The minimum atomic E-state index is -2.70. The lowest BCUT2D eigenvalue weighted by Crippen LogP contribution is -2.83. The number of fused-ring (bicyclic) bond motifs is 1. The lowest BCUT2D eigenvalue weighted by molar-refractivity contribution is -0.319. The van der Waals surface area contributed by atoms with Crippen LogP contribution in [-0.4, -0.2) is 24.3 Å². The van der Waals surface area contributed by atoms with E-state index in [2.05, 4.69) is 5.43 Å². The van der Waals surface area contributed by atoms with E-state index in [9.17, 15) is 15.5 Å². The van der Waals surface area contributed by atoms with Crippen molar-refractivity contribution in [3.63, 3.8) is 0 Å². The first-order valence-electron chi connectivity index (χ1n) is 7.21. The van der Waals surface area contributed by atoms with Crippen LogP contribution in [0.1, 0.15) is 26.7 Å². The van der Waals surface area contributed by atoms with Crippen molar-refractivity contribution in [1.82, 2.24) is 15.2 Å². The Kier molecular flexibility index (Phi) is 4.82. The first-order chi connectivity index (χ1) is 10.3. The summed E-state index contributed by atoms with van der Waals surface area (Å²) in [6.45, 7) is 3.67. The van der Waals surface area contributed by atoms with Gasteiger partial charge in [0.2, 0.25) is 5.69 Å². The van der Waals surface area contributed by atoms with Gasteiger partial charge in [-0.25, -0.2) is 5.73 Å². The van der Waals surface area contributed by atoms with Gasteiger partial charge in [0, 0.05) is 12.1 Å². The molecule has 0 aliphatic carbocycles. The summed E-state index contributed by atoms with van der Waals surface area (Å²) in [7, 11) is 0. The van der Waals surface area contributed by atoms with Crippen LogP contribution in [0, 0.1) is 10.4 Å². The van der Waals surface area contributed by atoms with E-state index in [-0.39, 0.29) is 24.6 Å². The van der Waals surface area contributed by atoms with Gasteiger partial charge in [0.05, 0.1) is 0 Å². The molecule has 1 aliphatic heterocycles. The lowest BCUT2D eigenvalue weighted by atomic mass is 10.2. The molecular formula is C13H22N4O5. The zero-order valence-corrected chi connectivity index (χ0v) is 12.7. The number of hydrogen-bond acceptors (Lipinski definition) is 7. The average molecular weight is 314 g/mol. The van der Waals surface area contributed by atoms with Crippen LogP contribution in [0.5, 0.6) is 0 Å². The van der Waals surface area contributed by atoms with E-state index in [1.165, 1.54) is 12.1 Å². The summed E-state index contributed by atoms with van der Waals surface area (Å²) < 4.78 is 0. The molecule has 0 amide bonds. The van der Waals surface area contributed by atoms with E-state index < -0.39 is 15.7 Å². The maximum Gasteiger partial charge on any atom is 0.405 e. The minimum Gasteiger partial charge on any atom is -0.588 e. The second-order valence-corrected chi connectivity index (χ2v) is 5.03. The van der Waals surface area contributed by atoms with Crippen molar-refractivity contribution in [3.8, 4) is 0 Å². The van der Waals surface area contributed by atoms with E-state index in [1.54, 1.807) is 19.1 Å². The van der Waals surface area contributed by atoms with Crippen LogP contribution in [0.25, 0.3) is 0 Å². The monoisotopic (exact) mass is 314 g/mol. The van der Waals surface area contributed by atoms with Gasteiger partial charge < -0.3 is 15.5 Å². The van der Waals surface area contributed by atoms with Crippen molar-refractivity contribution < 1.29 is 14.8 Å². The summed E-state index contributed by atoms with van der Waals surface area (Å²) in [5.74, 6) is -2.70. The number of aliphatic hydroxyl groups is 1. The quantitative estimate of drug-likeness (QED) is 0.310. The first kappa shape index (κ1) is 17.2. The summed E-state index contributed by atoms with van der Waals surface area (Å²) in [4.78, 5) is 7.05. The van der Waals surface area contributed by atoms with Gasteiger partial charge >= 0.3 is 5.97 Å². The fourth-order valence-electron chi connectivity index (χ4n) is 2.28. The largest absolute Gasteiger partial charge is 0.588 e. The first-order valence-corrected chi connectivity index (χ1v) is 7.21. The Morgan fingerprint density at radius 1 is 1.23 bits per heavy atom. The molecule has 124 valence electrons. The Bertz CT molecular complexity index is 529. The number of nitrogens with one attached hydrogen (secondary N) is 1. The van der Waals surface area contributed by atoms with E-state index in [4.69, 9.17) is 15.4 Å². The van der Waals surface area contributed by atoms with Crippen molar-refractivity contribution in [1.29, 1.82) is 0 Å². The molecule has 2 rings (SSSR count). The molecule has 22 heavy (non-hydrogen) atoms. The van der Waals surface area contributed by atoms with Crippen LogP contribution in [0.4, 0.5) is 11.4 Å². The number of benzene rings is 1. The maximum absolute atomic E-state index is 12.9. The van der Waals surface area contributed by atoms with Gasteiger partial charge in [-0.3, -0.25) is 0 Å². The topological polar surface area (TPSA) is 123 Å². The van der Waals surface area contributed by atoms with E-state index >= 15 is 0 Å². The van der Waals surface area contributed by atoms with Crippen LogP contribution >= 0.6 is 0 Å². The van der Waals surface area contributed by atoms with Crippen molar-refractivity contribution in [2.45, 2.75) is 32.7 Å². The maximum atomic E-state index is 12.9. The molecular weight excluding hydrogens is 292 g/mol. The van der Waals surface area contributed by atoms with Gasteiger partial charge in [-0.2, -0.15) is 9.68 Å². The Hall–Kier alpha value is -1.14. The zero-order chi connectivity index (χ0) is 16.4. The Morgan fingerprint density at radius 3 is 2.45 bits per heavy atom. The van der Waals surface area contributed by atoms with Gasteiger partial charge in [0.15, 0.2) is 0 Å². The molecule has 0 radical (unpaired) electrons. The van der Waals surface area contributed by atoms with Crippen molar-refractivity contribution >= 4 is 11.4 Å². The highest BCUT2D eigenvalue weighted by atomic mass is 17.0. The molecule has 0 spiro atoms. The average Bonchev–Trinajstić information content (AvgIpc) is 2.46. The predicted octanol–water partition coefficient (Wildman–Crippen LogP) is 1.06. The third-order valence-electron chi connectivity index (χ3n) is 3.36. The molecule has 9 heteroatoms. The number of nitrogens with zero attached hydrogens (tertiary/aromatic N) is 2. The van der Waals surface area contributed by atoms with Crippen molar-refractivity contribution in [2.24, 2.45) is 5.73 Å². The molecule has 1 aromatic carbocycles. The fourth-order valence-corrected chi connectivity index (χ4v) is 2.28. The second kappa shape index (κ2) is 6.16. The normalized spacial score (nSPS) is 34.5. The van der Waals surface area contributed by atoms with Gasteiger partial charge in [0.25, 0.3) is 5.69 Å². The van der Waals surface area contributed by atoms with E-state index in [0.29, 0.717) is 6.42 Å². The van der Waals surface area contributed by atoms with Crippen LogP contribution in [-0.2, 0) is 9.68 Å². The number of quaternary nitrogens is 2. The standard InChI is InChI=1S/C13H22N4O5/c1-3-5-10-22-17(20)12-9-7-6-8-11(12)16(19,21-4-2)13(14,18)15-17/h6-9,15,18H,3-5,10,14H2,1-2H3. The molecule has 0 saturated heterocycles. The van der Waals surface area contributed by atoms with Crippen molar-refractivity contribution in [3.05, 3.63) is 34.7 Å². The predicted molar refractivity (Wildman–Crippen MR) is 81.5 cm³/mol. The molecule has 0 aromatic heterocycles. The minimum absolute atomic E-state index is 0.00538. The summed E-state index contributed by atoms with van der Waals surface area (Å²) in [5.41, 5.74) is 7.58. The van der Waals surface area contributed by atoms with Crippen LogP contribution in [0.3, 0.4) is 0 Å². The molecule has 0 fully saturated rings. The van der Waals surface area contributed by atoms with Crippen LogP contribution in [0.2, 0.25) is 0 Å². The van der Waals surface area contributed by atoms with Gasteiger partial charge in [-0.15, -0.1) is 4.81 Å². The van der Waals surface area contributed by atoms with Gasteiger partial charge in [-0.05, 0) is 18.8 Å². The van der Waals surface area contributed by atoms with E-state index in [1.807, 2.05) is 6.92 Å². The Morgan fingerprint density at radius 2 is 1.86 bits per heavy atom. The summed E-state index contributed by atoms with van der Waals surface area (Å²) in [6.07, 6.45) is 1.48. The van der Waals surface area contributed by atoms with Crippen LogP contribution < -0.4 is 20.9 Å². The molecule has 4 N–H and O–H groups in total. The lowest BCUT2D eigenvalue weighted by Gasteiger charge is -2.54. The number of nitrogens with two attached hydrogens (primary N) is 1. The van der Waals surface area contributed by atoms with Crippen molar-refractivity contribution in [2.75, 3.05) is 13.2 Å². The third kappa shape index (κ3) is 2.74. The molecule has 1 aliphatic rings. The SMILES string of the molecule is CCCCO[N+]1([O-])NC(N)(O)[N+]([O-])(OCC)c2ccccc21. The van der Waals surface area contributed by atoms with E-state index in [0.717, 1.165) is 6.42 Å². The Labute approximate surface area is 128 Å². The number of hydrogen-bond donors (Lipinski definition) is 3. The second-order valence-electron chi connectivity index (χ2n) is 5.03. The highest BCUT2D eigenvalue weighted by Crippen LogP contribution is 2.43. The summed E-state index contributed by atoms with van der Waals surface area (Å²) >= 11 is 0. The highest BCUT2D eigenvalue weighted by Gasteiger charge is 2.59. The number of unbranched alkanes of at least 4 members (excludes halogenated alkanes) is 1. The number of hydroxylamine groups is 2. The molecule has 0 bridgehead atoms. The molecule has 1 heterocycles. The third-order valence-corrected chi connectivity index (χ3v) is 3.36. The van der Waals surface area contributed by atoms with Gasteiger partial charge in [-0.1, -0.05) is 30.4 Å². The molecule has 0 saturated carbocycles. The summed E-state index contributed by atoms with van der Waals surface area (Å²) in [6, 6.07) is 5.96.